The highest BCUT2D eigenvalue weighted by Gasteiger charge is 2.66. The predicted molar refractivity (Wildman–Crippen MR) is 161 cm³/mol. The summed E-state index contributed by atoms with van der Waals surface area (Å²) in [5.74, 6) is 1.35. The van der Waals surface area contributed by atoms with Crippen LogP contribution < -0.4 is 0 Å². The third-order valence-electron chi connectivity index (χ3n) is 11.7. The SMILES string of the molecule is CC.CC1(C)CCC2(C(=O)I)CCC3C(C(O)C=C4C3(C)CCC3C4(C)CCC(O)C3(C)I)C2C1. The molecule has 3 nitrogen and oxygen atoms in total. The molecule has 200 valence electrons. The van der Waals surface area contributed by atoms with Crippen LogP contribution in [0.15, 0.2) is 11.6 Å². The van der Waals surface area contributed by atoms with Crippen molar-refractivity contribution in [2.75, 3.05) is 0 Å². The Morgan fingerprint density at radius 2 is 1.51 bits per heavy atom. The van der Waals surface area contributed by atoms with Gasteiger partial charge in [0.25, 0.3) is 0 Å². The van der Waals surface area contributed by atoms with Crippen molar-refractivity contribution in [2.45, 2.75) is 122 Å². The first kappa shape index (κ1) is 28.8. The number of alkyl halides is 1. The summed E-state index contributed by atoms with van der Waals surface area (Å²) < 4.78 is 0.209. The number of allylic oxidation sites excluding steroid dienone is 1. The second kappa shape index (κ2) is 9.46. The number of carbonyl (C=O) groups is 1. The zero-order valence-corrected chi connectivity index (χ0v) is 27.3. The summed E-state index contributed by atoms with van der Waals surface area (Å²) in [5.41, 5.74) is 1.60. The van der Waals surface area contributed by atoms with Crippen molar-refractivity contribution in [3.63, 3.8) is 0 Å². The fraction of sp³-hybridized carbons (Fsp3) is 0.900. The van der Waals surface area contributed by atoms with E-state index in [-0.39, 0.29) is 43.0 Å². The van der Waals surface area contributed by atoms with E-state index in [4.69, 9.17) is 0 Å². The molecule has 5 aliphatic carbocycles. The summed E-state index contributed by atoms with van der Waals surface area (Å²) in [7, 11) is 0. The van der Waals surface area contributed by atoms with E-state index in [0.717, 1.165) is 57.8 Å². The first-order valence-corrected chi connectivity index (χ1v) is 16.3. The quantitative estimate of drug-likeness (QED) is 0.126. The summed E-state index contributed by atoms with van der Waals surface area (Å²) in [5, 5.41) is 22.6. The smallest absolute Gasteiger partial charge is 0.198 e. The first-order valence-electron chi connectivity index (χ1n) is 14.2. The maximum Gasteiger partial charge on any atom is 0.198 e. The molecule has 0 radical (unpaired) electrons. The van der Waals surface area contributed by atoms with E-state index in [1.165, 1.54) is 5.57 Å². The molecule has 0 amide bonds. The number of fused-ring (bicyclic) bond motifs is 7. The van der Waals surface area contributed by atoms with E-state index in [9.17, 15) is 15.0 Å². The average Bonchev–Trinajstić information content (AvgIpc) is 2.78. The highest BCUT2D eigenvalue weighted by atomic mass is 127. The zero-order chi connectivity index (χ0) is 26.2. The van der Waals surface area contributed by atoms with Crippen molar-refractivity contribution >= 4 is 49.0 Å². The highest BCUT2D eigenvalue weighted by Crippen LogP contribution is 2.71. The first-order chi connectivity index (χ1) is 16.2. The van der Waals surface area contributed by atoms with Crippen LogP contribution in [-0.2, 0) is 4.79 Å². The summed E-state index contributed by atoms with van der Waals surface area (Å²) in [6, 6.07) is 0. The molecule has 4 fully saturated rings. The third kappa shape index (κ3) is 4.16. The van der Waals surface area contributed by atoms with Crippen LogP contribution in [-0.4, -0.2) is 29.6 Å². The number of hydrogen-bond acceptors (Lipinski definition) is 3. The molecule has 0 aromatic rings. The molecule has 35 heavy (non-hydrogen) atoms. The molecule has 5 rings (SSSR count). The lowest BCUT2D eigenvalue weighted by Crippen LogP contribution is -2.63. The van der Waals surface area contributed by atoms with Crippen molar-refractivity contribution in [3.05, 3.63) is 11.6 Å². The van der Waals surface area contributed by atoms with Crippen LogP contribution in [0.25, 0.3) is 0 Å². The van der Waals surface area contributed by atoms with Gasteiger partial charge in [0.15, 0.2) is 3.79 Å². The number of aliphatic hydroxyl groups excluding tert-OH is 2. The molecule has 0 bridgehead atoms. The lowest BCUT2D eigenvalue weighted by molar-refractivity contribution is -0.156. The minimum atomic E-state index is -0.463. The molecule has 10 atom stereocenters. The summed E-state index contributed by atoms with van der Waals surface area (Å²) in [6.07, 6.45) is 10.9. The molecule has 5 heteroatoms. The van der Waals surface area contributed by atoms with Crippen molar-refractivity contribution < 1.29 is 15.0 Å². The zero-order valence-electron chi connectivity index (χ0n) is 23.0. The Bertz CT molecular complexity index is 881. The van der Waals surface area contributed by atoms with E-state index in [2.05, 4.69) is 85.9 Å². The molecule has 0 aromatic heterocycles. The minimum absolute atomic E-state index is 0.0353. The maximum atomic E-state index is 13.1. The highest BCUT2D eigenvalue weighted by molar-refractivity contribution is 14.1. The van der Waals surface area contributed by atoms with Gasteiger partial charge in [-0.05, 0) is 105 Å². The topological polar surface area (TPSA) is 57.5 Å². The normalized spacial score (nSPS) is 52.4. The maximum absolute atomic E-state index is 13.1. The van der Waals surface area contributed by atoms with Crippen molar-refractivity contribution in [1.82, 2.24) is 0 Å². The van der Waals surface area contributed by atoms with Gasteiger partial charge in [0, 0.05) is 31.4 Å². The molecule has 0 spiro atoms. The largest absolute Gasteiger partial charge is 0.392 e. The minimum Gasteiger partial charge on any atom is -0.392 e. The molecule has 4 saturated carbocycles. The molecule has 0 aromatic carbocycles. The van der Waals surface area contributed by atoms with Crippen LogP contribution in [0.1, 0.15) is 106 Å². The van der Waals surface area contributed by atoms with Gasteiger partial charge in [-0.2, -0.15) is 0 Å². The monoisotopic (exact) mass is 710 g/mol. The molecule has 5 aliphatic rings. The van der Waals surface area contributed by atoms with Gasteiger partial charge in [-0.3, -0.25) is 4.79 Å². The van der Waals surface area contributed by atoms with Crippen molar-refractivity contribution in [1.29, 1.82) is 0 Å². The Morgan fingerprint density at radius 1 is 0.886 bits per heavy atom. The predicted octanol–water partition coefficient (Wildman–Crippen LogP) is 7.89. The summed E-state index contributed by atoms with van der Waals surface area (Å²) in [4.78, 5) is 13.1. The molecule has 0 saturated heterocycles. The van der Waals surface area contributed by atoms with Crippen LogP contribution in [0.5, 0.6) is 0 Å². The molecule has 2 N–H and O–H groups in total. The van der Waals surface area contributed by atoms with Crippen LogP contribution >= 0.6 is 45.2 Å². The van der Waals surface area contributed by atoms with Gasteiger partial charge >= 0.3 is 0 Å². The molecule has 0 aliphatic heterocycles. The van der Waals surface area contributed by atoms with Crippen LogP contribution in [0.2, 0.25) is 0 Å². The standard InChI is InChI=1S/C28H42I2O3.C2H6/c1-24(2)12-13-28(23(29)33)11-6-16-22(17(28)15-24)18(31)14-20-25(16,3)9-7-19-26(20,4)10-8-21(32)27(19,5)30;1-2/h14,16-19,21-22,31-32H,6-13,15H2,1-5H3;1-2H3. The van der Waals surface area contributed by atoms with Gasteiger partial charge in [-0.1, -0.05) is 75.8 Å². The number of halogens is 2. The molecule has 0 heterocycles. The Morgan fingerprint density at radius 3 is 2.14 bits per heavy atom. The van der Waals surface area contributed by atoms with Crippen LogP contribution in [0.3, 0.4) is 0 Å². The van der Waals surface area contributed by atoms with Crippen molar-refractivity contribution in [3.8, 4) is 0 Å². The Kier molecular flexibility index (Phi) is 7.78. The second-order valence-corrected chi connectivity index (χ2v) is 17.1. The summed E-state index contributed by atoms with van der Waals surface area (Å²) >= 11 is 4.61. The van der Waals surface area contributed by atoms with Gasteiger partial charge < -0.3 is 10.2 Å². The van der Waals surface area contributed by atoms with Crippen molar-refractivity contribution in [2.24, 2.45) is 45.3 Å². The van der Waals surface area contributed by atoms with E-state index >= 15 is 0 Å². The van der Waals surface area contributed by atoms with E-state index in [1.807, 2.05) is 13.8 Å². The second-order valence-electron chi connectivity index (χ2n) is 13.8. The molecular weight excluding hydrogens is 662 g/mol. The Balaban J connectivity index is 0.00000141. The van der Waals surface area contributed by atoms with E-state index < -0.39 is 6.10 Å². The fourth-order valence-corrected chi connectivity index (χ4v) is 12.1. The number of hydrogen-bond donors (Lipinski definition) is 2. The van der Waals surface area contributed by atoms with Crippen LogP contribution in [0.4, 0.5) is 0 Å². The van der Waals surface area contributed by atoms with Gasteiger partial charge in [0.2, 0.25) is 0 Å². The van der Waals surface area contributed by atoms with Crippen LogP contribution in [0, 0.1) is 45.3 Å². The third-order valence-corrected chi connectivity index (χ3v) is 14.3. The van der Waals surface area contributed by atoms with Gasteiger partial charge in [-0.25, -0.2) is 0 Å². The number of aliphatic hydroxyl groups is 2. The van der Waals surface area contributed by atoms with Gasteiger partial charge in [0.1, 0.15) is 0 Å². The van der Waals surface area contributed by atoms with Gasteiger partial charge in [0.05, 0.1) is 12.2 Å². The Hall–Kier alpha value is 0.790. The average molecular weight is 711 g/mol. The van der Waals surface area contributed by atoms with Gasteiger partial charge in [-0.15, -0.1) is 0 Å². The summed E-state index contributed by atoms with van der Waals surface area (Å²) in [6.45, 7) is 15.9. The van der Waals surface area contributed by atoms with E-state index in [1.54, 1.807) is 0 Å². The molecule has 10 unspecified atom stereocenters. The Labute approximate surface area is 241 Å². The lowest BCUT2D eigenvalue weighted by atomic mass is 9.39. The lowest BCUT2D eigenvalue weighted by Gasteiger charge is -2.67. The number of rotatable bonds is 1. The fourth-order valence-electron chi connectivity index (χ4n) is 9.85. The van der Waals surface area contributed by atoms with E-state index in [0.29, 0.717) is 15.6 Å². The molecular formula is C30H48I2O3. The number of carbonyl (C=O) groups excluding carboxylic acids is 1.